The maximum Gasteiger partial charge on any atom is 0.233 e. The molecule has 1 heterocycles. The largest absolute Gasteiger partial charge is 0.497 e. The van der Waals surface area contributed by atoms with Crippen molar-refractivity contribution in [1.82, 2.24) is 5.32 Å². The van der Waals surface area contributed by atoms with Crippen molar-refractivity contribution in [2.24, 2.45) is 0 Å². The zero-order chi connectivity index (χ0) is 13.7. The molecule has 0 bridgehead atoms. The van der Waals surface area contributed by atoms with Crippen molar-refractivity contribution in [3.8, 4) is 5.75 Å². The Morgan fingerprint density at radius 2 is 2.42 bits per heavy atom. The van der Waals surface area contributed by atoms with Crippen molar-refractivity contribution in [2.45, 2.75) is 11.7 Å². The highest BCUT2D eigenvalue weighted by Crippen LogP contribution is 2.20. The third-order valence-electron chi connectivity index (χ3n) is 2.74. The lowest BCUT2D eigenvalue weighted by atomic mass is 10.2. The molecule has 1 aliphatic rings. The maximum atomic E-state index is 11.9. The number of carbonyl (C=O) groups is 2. The highest BCUT2D eigenvalue weighted by molar-refractivity contribution is 8.00. The molecular formula is C13H16N2O3S. The molecule has 0 saturated carbocycles. The van der Waals surface area contributed by atoms with Crippen LogP contribution in [0.15, 0.2) is 24.3 Å². The molecule has 1 fully saturated rings. The first-order valence-corrected chi connectivity index (χ1v) is 7.07. The van der Waals surface area contributed by atoms with E-state index < -0.39 is 0 Å². The number of rotatable bonds is 4. The number of ether oxygens (including phenoxy) is 1. The minimum atomic E-state index is -0.292. The van der Waals surface area contributed by atoms with E-state index >= 15 is 0 Å². The fourth-order valence-electron chi connectivity index (χ4n) is 1.80. The standard InChI is InChI=1S/C13H16N2O3S/c1-18-10-4-2-3-9(7-10)15-12(16)8-11-13(17)14-5-6-19-11/h2-4,7,11H,5-6,8H2,1H3,(H,14,17)(H,15,16)/t11-/m1/s1. The molecule has 2 amide bonds. The summed E-state index contributed by atoms with van der Waals surface area (Å²) in [4.78, 5) is 23.4. The summed E-state index contributed by atoms with van der Waals surface area (Å²) in [6.45, 7) is 0.678. The SMILES string of the molecule is COc1cccc(NC(=O)C[C@H]2SCCNC2=O)c1. The number of benzene rings is 1. The van der Waals surface area contributed by atoms with E-state index in [1.54, 1.807) is 31.4 Å². The molecule has 2 rings (SSSR count). The van der Waals surface area contributed by atoms with Crippen molar-refractivity contribution in [3.63, 3.8) is 0 Å². The van der Waals surface area contributed by atoms with Crippen LogP contribution in [0.1, 0.15) is 6.42 Å². The van der Waals surface area contributed by atoms with Crippen LogP contribution in [-0.2, 0) is 9.59 Å². The average Bonchev–Trinajstić information content (AvgIpc) is 2.41. The van der Waals surface area contributed by atoms with E-state index in [-0.39, 0.29) is 23.5 Å². The van der Waals surface area contributed by atoms with Crippen LogP contribution in [0.3, 0.4) is 0 Å². The summed E-state index contributed by atoms with van der Waals surface area (Å²) in [5, 5.41) is 5.24. The van der Waals surface area contributed by atoms with E-state index in [0.29, 0.717) is 18.0 Å². The predicted molar refractivity (Wildman–Crippen MR) is 75.5 cm³/mol. The van der Waals surface area contributed by atoms with E-state index in [0.717, 1.165) is 5.75 Å². The minimum absolute atomic E-state index is 0.0583. The van der Waals surface area contributed by atoms with E-state index in [9.17, 15) is 9.59 Å². The van der Waals surface area contributed by atoms with E-state index in [2.05, 4.69) is 10.6 Å². The molecule has 0 spiro atoms. The van der Waals surface area contributed by atoms with Gasteiger partial charge in [0.15, 0.2) is 0 Å². The summed E-state index contributed by atoms with van der Waals surface area (Å²) in [7, 11) is 1.57. The molecule has 1 aromatic carbocycles. The van der Waals surface area contributed by atoms with Gasteiger partial charge in [0.25, 0.3) is 0 Å². The van der Waals surface area contributed by atoms with Crippen LogP contribution >= 0.6 is 11.8 Å². The second-order valence-corrected chi connectivity index (χ2v) is 5.45. The molecule has 1 atom stereocenters. The first-order valence-electron chi connectivity index (χ1n) is 6.02. The summed E-state index contributed by atoms with van der Waals surface area (Å²) < 4.78 is 5.08. The molecule has 0 aliphatic carbocycles. The van der Waals surface area contributed by atoms with Crippen molar-refractivity contribution in [1.29, 1.82) is 0 Å². The zero-order valence-corrected chi connectivity index (χ0v) is 11.5. The summed E-state index contributed by atoms with van der Waals surface area (Å²) in [5.74, 6) is 1.31. The Kier molecular flexibility index (Phi) is 4.68. The summed E-state index contributed by atoms with van der Waals surface area (Å²) in [6, 6.07) is 7.14. The smallest absolute Gasteiger partial charge is 0.233 e. The third kappa shape index (κ3) is 3.89. The fraction of sp³-hybridized carbons (Fsp3) is 0.385. The zero-order valence-electron chi connectivity index (χ0n) is 10.6. The number of hydrogen-bond acceptors (Lipinski definition) is 4. The predicted octanol–water partition coefficient (Wildman–Crippen LogP) is 1.26. The van der Waals surface area contributed by atoms with Gasteiger partial charge in [0.2, 0.25) is 11.8 Å². The molecular weight excluding hydrogens is 264 g/mol. The first kappa shape index (κ1) is 13.7. The van der Waals surface area contributed by atoms with Crippen LogP contribution in [0.25, 0.3) is 0 Å². The van der Waals surface area contributed by atoms with Gasteiger partial charge in [0.05, 0.1) is 12.4 Å². The molecule has 19 heavy (non-hydrogen) atoms. The monoisotopic (exact) mass is 280 g/mol. The highest BCUT2D eigenvalue weighted by atomic mass is 32.2. The first-order chi connectivity index (χ1) is 9.19. The number of anilines is 1. The van der Waals surface area contributed by atoms with Gasteiger partial charge in [-0.1, -0.05) is 6.07 Å². The number of hydrogen-bond donors (Lipinski definition) is 2. The summed E-state index contributed by atoms with van der Waals surface area (Å²) in [6.07, 6.45) is 0.188. The van der Waals surface area contributed by atoms with Crippen molar-refractivity contribution in [3.05, 3.63) is 24.3 Å². The Labute approximate surface area is 116 Å². The molecule has 1 aliphatic heterocycles. The molecule has 1 aromatic rings. The second kappa shape index (κ2) is 6.47. The van der Waals surface area contributed by atoms with E-state index in [1.807, 2.05) is 0 Å². The Morgan fingerprint density at radius 3 is 3.16 bits per heavy atom. The Hall–Kier alpha value is -1.69. The molecule has 0 unspecified atom stereocenters. The van der Waals surface area contributed by atoms with Crippen LogP contribution in [0, 0.1) is 0 Å². The maximum absolute atomic E-state index is 11.9. The van der Waals surface area contributed by atoms with Crippen molar-refractivity contribution >= 4 is 29.3 Å². The minimum Gasteiger partial charge on any atom is -0.497 e. The van der Waals surface area contributed by atoms with Gasteiger partial charge >= 0.3 is 0 Å². The lowest BCUT2D eigenvalue weighted by molar-refractivity contribution is -0.123. The average molecular weight is 280 g/mol. The van der Waals surface area contributed by atoms with Crippen LogP contribution in [0.2, 0.25) is 0 Å². The van der Waals surface area contributed by atoms with E-state index in [4.69, 9.17) is 4.74 Å². The van der Waals surface area contributed by atoms with Gasteiger partial charge in [0.1, 0.15) is 5.75 Å². The molecule has 5 nitrogen and oxygen atoms in total. The highest BCUT2D eigenvalue weighted by Gasteiger charge is 2.25. The Bertz CT molecular complexity index is 479. The van der Waals surface area contributed by atoms with Crippen LogP contribution in [-0.4, -0.2) is 36.5 Å². The summed E-state index contributed by atoms with van der Waals surface area (Å²) >= 11 is 1.52. The number of carbonyl (C=O) groups excluding carboxylic acids is 2. The number of methoxy groups -OCH3 is 1. The summed E-state index contributed by atoms with van der Waals surface area (Å²) in [5.41, 5.74) is 0.672. The molecule has 6 heteroatoms. The Balaban J connectivity index is 1.91. The second-order valence-electron chi connectivity index (χ2n) is 4.13. The van der Waals surface area contributed by atoms with Gasteiger partial charge in [0, 0.05) is 30.5 Å². The van der Waals surface area contributed by atoms with Gasteiger partial charge in [-0.2, -0.15) is 0 Å². The molecule has 1 saturated heterocycles. The van der Waals surface area contributed by atoms with Crippen LogP contribution in [0.5, 0.6) is 5.75 Å². The van der Waals surface area contributed by atoms with Crippen molar-refractivity contribution < 1.29 is 14.3 Å². The lowest BCUT2D eigenvalue weighted by Crippen LogP contribution is -2.40. The van der Waals surface area contributed by atoms with E-state index in [1.165, 1.54) is 11.8 Å². The number of amides is 2. The molecule has 102 valence electrons. The quantitative estimate of drug-likeness (QED) is 0.871. The molecule has 0 aromatic heterocycles. The van der Waals surface area contributed by atoms with Gasteiger partial charge < -0.3 is 15.4 Å². The van der Waals surface area contributed by atoms with Crippen molar-refractivity contribution in [2.75, 3.05) is 24.7 Å². The van der Waals surface area contributed by atoms with Gasteiger partial charge in [-0.05, 0) is 12.1 Å². The normalized spacial score (nSPS) is 18.6. The molecule has 2 N–H and O–H groups in total. The third-order valence-corrected chi connectivity index (χ3v) is 3.96. The number of thioether (sulfide) groups is 1. The lowest BCUT2D eigenvalue weighted by Gasteiger charge is -2.20. The van der Waals surface area contributed by atoms with Gasteiger partial charge in [-0.25, -0.2) is 0 Å². The van der Waals surface area contributed by atoms with Gasteiger partial charge in [-0.3, -0.25) is 9.59 Å². The van der Waals surface area contributed by atoms with Gasteiger partial charge in [-0.15, -0.1) is 11.8 Å². The Morgan fingerprint density at radius 1 is 1.58 bits per heavy atom. The number of nitrogens with one attached hydrogen (secondary N) is 2. The topological polar surface area (TPSA) is 67.4 Å². The molecule has 0 radical (unpaired) electrons. The van der Waals surface area contributed by atoms with Crippen LogP contribution in [0.4, 0.5) is 5.69 Å². The fourth-order valence-corrected chi connectivity index (χ4v) is 2.81. The van der Waals surface area contributed by atoms with Crippen LogP contribution < -0.4 is 15.4 Å².